The van der Waals surface area contributed by atoms with Crippen molar-refractivity contribution in [1.82, 2.24) is 5.32 Å². The number of aliphatic hydroxyl groups is 1. The number of ether oxygens (including phenoxy) is 1. The Bertz CT molecular complexity index is 315. The molecule has 1 rings (SSSR count). The van der Waals surface area contributed by atoms with Crippen molar-refractivity contribution >= 4 is 23.1 Å². The molecule has 0 aliphatic carbocycles. The second-order valence-corrected chi connectivity index (χ2v) is 7.39. The molecule has 0 spiro atoms. The molecule has 0 fully saturated rings. The molecule has 0 amide bonds. The standard InChI is InChI=1S/C13H23NO2S2/c1-13(2,17-3)10-14-7-11(15)8-16-9-12-5-4-6-18-12/h4-6,11,14-15H,7-10H2,1-3H3. The van der Waals surface area contributed by atoms with Crippen LogP contribution in [0.5, 0.6) is 0 Å². The minimum atomic E-state index is -0.442. The van der Waals surface area contributed by atoms with E-state index in [4.69, 9.17) is 4.74 Å². The van der Waals surface area contributed by atoms with Crippen LogP contribution >= 0.6 is 23.1 Å². The van der Waals surface area contributed by atoms with E-state index in [9.17, 15) is 5.11 Å². The lowest BCUT2D eigenvalue weighted by molar-refractivity contribution is 0.0298. The van der Waals surface area contributed by atoms with E-state index in [0.717, 1.165) is 6.54 Å². The van der Waals surface area contributed by atoms with E-state index in [1.165, 1.54) is 4.88 Å². The first-order chi connectivity index (χ1) is 8.53. The zero-order valence-electron chi connectivity index (χ0n) is 11.3. The Hall–Kier alpha value is -0.0700. The number of hydrogen-bond acceptors (Lipinski definition) is 5. The molecule has 0 saturated heterocycles. The molecule has 0 saturated carbocycles. The summed E-state index contributed by atoms with van der Waals surface area (Å²) in [4.78, 5) is 1.19. The fourth-order valence-corrected chi connectivity index (χ4v) is 2.25. The van der Waals surface area contributed by atoms with Crippen molar-refractivity contribution in [2.45, 2.75) is 31.3 Å². The molecule has 0 aliphatic rings. The van der Waals surface area contributed by atoms with Crippen molar-refractivity contribution < 1.29 is 9.84 Å². The summed E-state index contributed by atoms with van der Waals surface area (Å²) in [7, 11) is 0. The first-order valence-corrected chi connectivity index (χ1v) is 8.18. The lowest BCUT2D eigenvalue weighted by Gasteiger charge is -2.23. The van der Waals surface area contributed by atoms with Crippen LogP contribution in [0.15, 0.2) is 17.5 Å². The van der Waals surface area contributed by atoms with Crippen molar-refractivity contribution in [1.29, 1.82) is 0 Å². The number of aliphatic hydroxyl groups excluding tert-OH is 1. The summed E-state index contributed by atoms with van der Waals surface area (Å²) in [6, 6.07) is 4.04. The minimum absolute atomic E-state index is 0.206. The molecule has 1 aromatic rings. The number of hydrogen-bond donors (Lipinski definition) is 2. The lowest BCUT2D eigenvalue weighted by Crippen LogP contribution is -2.38. The first-order valence-electron chi connectivity index (χ1n) is 6.07. The van der Waals surface area contributed by atoms with Crippen LogP contribution in [0.4, 0.5) is 0 Å². The molecule has 2 N–H and O–H groups in total. The second-order valence-electron chi connectivity index (χ2n) is 4.84. The van der Waals surface area contributed by atoms with Crippen molar-refractivity contribution in [3.8, 4) is 0 Å². The summed E-state index contributed by atoms with van der Waals surface area (Å²) >= 11 is 3.49. The van der Waals surface area contributed by atoms with Gasteiger partial charge in [0, 0.05) is 22.7 Å². The average molecular weight is 289 g/mol. The van der Waals surface area contributed by atoms with Gasteiger partial charge in [-0.05, 0) is 31.5 Å². The minimum Gasteiger partial charge on any atom is -0.389 e. The summed E-state index contributed by atoms with van der Waals surface area (Å²) in [6.07, 6.45) is 1.66. The zero-order chi connectivity index (χ0) is 13.4. The Labute approximate surface area is 118 Å². The molecule has 1 heterocycles. The Kier molecular flexibility index (Phi) is 7.26. The van der Waals surface area contributed by atoms with Gasteiger partial charge in [-0.1, -0.05) is 6.07 Å². The third-order valence-corrected chi connectivity index (χ3v) is 4.72. The van der Waals surface area contributed by atoms with Gasteiger partial charge in [-0.3, -0.25) is 0 Å². The van der Waals surface area contributed by atoms with E-state index in [2.05, 4.69) is 25.4 Å². The van der Waals surface area contributed by atoms with Gasteiger partial charge >= 0.3 is 0 Å². The van der Waals surface area contributed by atoms with Gasteiger partial charge in [0.2, 0.25) is 0 Å². The Morgan fingerprint density at radius 2 is 2.33 bits per heavy atom. The van der Waals surface area contributed by atoms with Gasteiger partial charge in [-0.15, -0.1) is 11.3 Å². The Morgan fingerprint density at radius 1 is 1.56 bits per heavy atom. The molecule has 3 nitrogen and oxygen atoms in total. The molecule has 0 aromatic carbocycles. The highest BCUT2D eigenvalue weighted by atomic mass is 32.2. The molecule has 5 heteroatoms. The Balaban J connectivity index is 2.05. The summed E-state index contributed by atoms with van der Waals surface area (Å²) in [6.45, 7) is 6.80. The van der Waals surface area contributed by atoms with Crippen molar-refractivity contribution in [2.24, 2.45) is 0 Å². The third kappa shape index (κ3) is 6.75. The van der Waals surface area contributed by atoms with Gasteiger partial charge in [-0.2, -0.15) is 11.8 Å². The molecule has 0 radical (unpaired) electrons. The molecule has 104 valence electrons. The van der Waals surface area contributed by atoms with Crippen molar-refractivity contribution in [3.05, 3.63) is 22.4 Å². The lowest BCUT2D eigenvalue weighted by atomic mass is 10.2. The van der Waals surface area contributed by atoms with Crippen LogP contribution in [0.1, 0.15) is 18.7 Å². The van der Waals surface area contributed by atoms with Crippen LogP contribution in [0.3, 0.4) is 0 Å². The quantitative estimate of drug-likeness (QED) is 0.732. The molecule has 0 aliphatic heterocycles. The summed E-state index contributed by atoms with van der Waals surface area (Å²) in [5.41, 5.74) is 0. The van der Waals surface area contributed by atoms with Crippen LogP contribution in [0.2, 0.25) is 0 Å². The molecule has 0 bridgehead atoms. The van der Waals surface area contributed by atoms with Gasteiger partial charge < -0.3 is 15.2 Å². The van der Waals surface area contributed by atoms with E-state index in [-0.39, 0.29) is 4.75 Å². The van der Waals surface area contributed by atoms with E-state index < -0.39 is 6.10 Å². The van der Waals surface area contributed by atoms with Crippen LogP contribution in [0.25, 0.3) is 0 Å². The highest BCUT2D eigenvalue weighted by Crippen LogP contribution is 2.19. The molecular formula is C13H23NO2S2. The van der Waals surface area contributed by atoms with Gasteiger partial charge in [0.15, 0.2) is 0 Å². The predicted octanol–water partition coefficient (Wildman–Crippen LogP) is 2.36. The molecular weight excluding hydrogens is 266 g/mol. The maximum absolute atomic E-state index is 9.76. The van der Waals surface area contributed by atoms with Crippen LogP contribution in [-0.2, 0) is 11.3 Å². The maximum Gasteiger partial charge on any atom is 0.0897 e. The van der Waals surface area contributed by atoms with E-state index in [1.54, 1.807) is 11.3 Å². The highest BCUT2D eigenvalue weighted by molar-refractivity contribution is 7.99. The number of thioether (sulfide) groups is 1. The number of rotatable bonds is 9. The van der Waals surface area contributed by atoms with Crippen molar-refractivity contribution in [3.63, 3.8) is 0 Å². The topological polar surface area (TPSA) is 41.5 Å². The molecule has 18 heavy (non-hydrogen) atoms. The smallest absolute Gasteiger partial charge is 0.0897 e. The maximum atomic E-state index is 9.76. The van der Waals surface area contributed by atoms with Crippen LogP contribution in [-0.4, -0.2) is 41.9 Å². The molecule has 1 aromatic heterocycles. The largest absolute Gasteiger partial charge is 0.389 e. The van der Waals surface area contributed by atoms with E-state index in [1.807, 2.05) is 29.3 Å². The van der Waals surface area contributed by atoms with Gasteiger partial charge in [-0.25, -0.2) is 0 Å². The normalized spacial score (nSPS) is 13.8. The zero-order valence-corrected chi connectivity index (χ0v) is 12.9. The average Bonchev–Trinajstić information content (AvgIpc) is 2.82. The van der Waals surface area contributed by atoms with Gasteiger partial charge in [0.05, 0.1) is 19.3 Å². The summed E-state index contributed by atoms with van der Waals surface area (Å²) in [5, 5.41) is 15.1. The fourth-order valence-electron chi connectivity index (χ4n) is 1.36. The monoisotopic (exact) mass is 289 g/mol. The van der Waals surface area contributed by atoms with Crippen molar-refractivity contribution in [2.75, 3.05) is 26.0 Å². The van der Waals surface area contributed by atoms with Gasteiger partial charge in [0.1, 0.15) is 0 Å². The molecule has 1 atom stereocenters. The first kappa shape index (κ1) is 16.0. The molecule has 1 unspecified atom stereocenters. The SMILES string of the molecule is CSC(C)(C)CNCC(O)COCc1cccs1. The number of nitrogens with one attached hydrogen (secondary N) is 1. The highest BCUT2D eigenvalue weighted by Gasteiger charge is 2.15. The second kappa shape index (κ2) is 8.17. The van der Waals surface area contributed by atoms with Gasteiger partial charge in [0.25, 0.3) is 0 Å². The summed E-state index contributed by atoms with van der Waals surface area (Å²) in [5.74, 6) is 0. The third-order valence-electron chi connectivity index (χ3n) is 2.62. The predicted molar refractivity (Wildman–Crippen MR) is 80.4 cm³/mol. The Morgan fingerprint density at radius 3 is 2.94 bits per heavy atom. The van der Waals surface area contributed by atoms with E-state index in [0.29, 0.717) is 19.8 Å². The van der Waals surface area contributed by atoms with Crippen LogP contribution < -0.4 is 5.32 Å². The summed E-state index contributed by atoms with van der Waals surface area (Å²) < 4.78 is 5.67. The fraction of sp³-hybridized carbons (Fsp3) is 0.692. The van der Waals surface area contributed by atoms with Crippen LogP contribution in [0, 0.1) is 0 Å². The van der Waals surface area contributed by atoms with E-state index >= 15 is 0 Å². The number of thiophene rings is 1.